The van der Waals surface area contributed by atoms with Crippen molar-refractivity contribution in [1.29, 1.82) is 0 Å². The Morgan fingerprint density at radius 1 is 1.07 bits per heavy atom. The van der Waals surface area contributed by atoms with E-state index < -0.39 is 0 Å². The van der Waals surface area contributed by atoms with Gasteiger partial charge in [0, 0.05) is 31.1 Å². The van der Waals surface area contributed by atoms with Crippen LogP contribution in [0.15, 0.2) is 66.3 Å². The average molecular weight is 357 g/mol. The molecule has 136 valence electrons. The van der Waals surface area contributed by atoms with Crippen molar-refractivity contribution >= 4 is 23.1 Å². The maximum Gasteiger partial charge on any atom is 0.118 e. The highest BCUT2D eigenvalue weighted by atomic mass is 16.5. The van der Waals surface area contributed by atoms with Gasteiger partial charge in [-0.1, -0.05) is 18.2 Å². The van der Waals surface area contributed by atoms with Crippen molar-refractivity contribution in [2.75, 3.05) is 35.4 Å². The number of fused-ring (bicyclic) bond motifs is 7. The molecule has 5 rings (SSSR count). The Kier molecular flexibility index (Phi) is 3.80. The van der Waals surface area contributed by atoms with Gasteiger partial charge in [-0.25, -0.2) is 0 Å². The number of ether oxygens (including phenoxy) is 1. The minimum Gasteiger partial charge on any atom is -0.383 e. The largest absolute Gasteiger partial charge is 0.383 e. The number of benzene rings is 2. The zero-order chi connectivity index (χ0) is 18.4. The molecule has 3 heterocycles. The molecule has 2 aromatic carbocycles. The predicted molar refractivity (Wildman–Crippen MR) is 112 cm³/mol. The summed E-state index contributed by atoms with van der Waals surface area (Å²) in [5, 5.41) is 3.41. The van der Waals surface area contributed by atoms with Gasteiger partial charge >= 0.3 is 0 Å². The van der Waals surface area contributed by atoms with Gasteiger partial charge in [0.25, 0.3) is 0 Å². The lowest BCUT2D eigenvalue weighted by molar-refractivity contribution is 0.211. The molecule has 0 bridgehead atoms. The van der Waals surface area contributed by atoms with Gasteiger partial charge in [0.2, 0.25) is 0 Å². The zero-order valence-electron chi connectivity index (χ0n) is 15.7. The zero-order valence-corrected chi connectivity index (χ0v) is 15.7. The quantitative estimate of drug-likeness (QED) is 0.807. The van der Waals surface area contributed by atoms with Crippen molar-refractivity contribution in [3.05, 3.63) is 83.0 Å². The molecule has 27 heavy (non-hydrogen) atoms. The summed E-state index contributed by atoms with van der Waals surface area (Å²) in [6.07, 6.45) is 9.95. The molecular weight excluding hydrogens is 334 g/mol. The number of nitrogens with zero attached hydrogens (tertiary/aromatic N) is 2. The molecule has 0 aromatic heterocycles. The first-order chi connectivity index (χ1) is 13.2. The second-order valence-corrected chi connectivity index (χ2v) is 7.18. The Morgan fingerprint density at radius 3 is 2.89 bits per heavy atom. The topological polar surface area (TPSA) is 27.7 Å². The second kappa shape index (κ2) is 6.32. The number of aryl methyl sites for hydroxylation is 1. The number of rotatable bonds is 4. The molecule has 1 N–H and O–H groups in total. The maximum absolute atomic E-state index is 5.12. The molecule has 0 fully saturated rings. The van der Waals surface area contributed by atoms with E-state index in [9.17, 15) is 0 Å². The van der Waals surface area contributed by atoms with Crippen LogP contribution >= 0.6 is 0 Å². The minimum atomic E-state index is 0.701. The lowest BCUT2D eigenvalue weighted by Gasteiger charge is -2.33. The lowest BCUT2D eigenvalue weighted by atomic mass is 10.0. The third kappa shape index (κ3) is 2.64. The molecule has 3 aliphatic heterocycles. The molecule has 3 aliphatic rings. The summed E-state index contributed by atoms with van der Waals surface area (Å²) in [6.45, 7) is 3.66. The Hall–Kier alpha value is -2.98. The molecule has 4 nitrogen and oxygen atoms in total. The van der Waals surface area contributed by atoms with Crippen LogP contribution in [0.2, 0.25) is 0 Å². The molecule has 4 heteroatoms. The number of nitrogens with one attached hydrogen (secondary N) is 1. The lowest BCUT2D eigenvalue weighted by Crippen LogP contribution is -2.28. The fourth-order valence-electron chi connectivity index (χ4n) is 4.00. The highest BCUT2D eigenvalue weighted by Gasteiger charge is 2.33. The molecular formula is C23H23N3O. The standard InChI is InChI=1S/C23H23N3O/c1-16-3-4-17-6-10-23-25(22(17)13-16)15-20-8-5-18-14-19(24-11-12-27-2)7-9-21(18)26(20)23/h3-5,7-10,13-15,24H,6,11-12H2,1-2H3. The summed E-state index contributed by atoms with van der Waals surface area (Å²) < 4.78 is 5.12. The van der Waals surface area contributed by atoms with E-state index in [0.29, 0.717) is 6.61 Å². The normalized spacial score (nSPS) is 16.2. The van der Waals surface area contributed by atoms with E-state index in [2.05, 4.69) is 82.9 Å². The molecule has 0 saturated heterocycles. The molecule has 2 aromatic rings. The van der Waals surface area contributed by atoms with Crippen LogP contribution in [-0.2, 0) is 11.2 Å². The number of hydrogen-bond donors (Lipinski definition) is 1. The van der Waals surface area contributed by atoms with E-state index in [-0.39, 0.29) is 0 Å². The van der Waals surface area contributed by atoms with Crippen LogP contribution in [-0.4, -0.2) is 20.3 Å². The van der Waals surface area contributed by atoms with Crippen LogP contribution in [0.5, 0.6) is 0 Å². The van der Waals surface area contributed by atoms with Gasteiger partial charge in [-0.2, -0.15) is 0 Å². The average Bonchev–Trinajstić information content (AvgIpc) is 3.07. The summed E-state index contributed by atoms with van der Waals surface area (Å²) in [4.78, 5) is 4.69. The van der Waals surface area contributed by atoms with Crippen molar-refractivity contribution in [3.8, 4) is 0 Å². The molecule has 0 aliphatic carbocycles. The van der Waals surface area contributed by atoms with Gasteiger partial charge in [0.15, 0.2) is 0 Å². The Balaban J connectivity index is 1.50. The third-order valence-corrected chi connectivity index (χ3v) is 5.34. The van der Waals surface area contributed by atoms with Crippen LogP contribution in [0.3, 0.4) is 0 Å². The number of allylic oxidation sites excluding steroid dienone is 2. The van der Waals surface area contributed by atoms with Crippen molar-refractivity contribution in [3.63, 3.8) is 0 Å². The molecule has 0 unspecified atom stereocenters. The van der Waals surface area contributed by atoms with Crippen molar-refractivity contribution in [2.24, 2.45) is 0 Å². The third-order valence-electron chi connectivity index (χ3n) is 5.34. The minimum absolute atomic E-state index is 0.701. The van der Waals surface area contributed by atoms with Gasteiger partial charge in [0.1, 0.15) is 5.82 Å². The number of hydrogen-bond acceptors (Lipinski definition) is 4. The molecule has 0 amide bonds. The highest BCUT2D eigenvalue weighted by molar-refractivity contribution is 5.86. The van der Waals surface area contributed by atoms with Crippen LogP contribution in [0.4, 0.5) is 17.1 Å². The molecule has 0 spiro atoms. The van der Waals surface area contributed by atoms with Crippen molar-refractivity contribution in [2.45, 2.75) is 13.3 Å². The van der Waals surface area contributed by atoms with E-state index in [4.69, 9.17) is 4.74 Å². The summed E-state index contributed by atoms with van der Waals surface area (Å²) in [7, 11) is 1.72. The van der Waals surface area contributed by atoms with Gasteiger partial charge in [-0.3, -0.25) is 4.90 Å². The van der Waals surface area contributed by atoms with E-state index in [1.165, 1.54) is 39.6 Å². The summed E-state index contributed by atoms with van der Waals surface area (Å²) >= 11 is 0. The fourth-order valence-corrected chi connectivity index (χ4v) is 4.00. The van der Waals surface area contributed by atoms with Crippen molar-refractivity contribution < 1.29 is 4.74 Å². The van der Waals surface area contributed by atoms with Crippen LogP contribution in [0.25, 0.3) is 6.08 Å². The van der Waals surface area contributed by atoms with E-state index in [0.717, 1.165) is 18.7 Å². The molecule has 0 saturated carbocycles. The van der Waals surface area contributed by atoms with Gasteiger partial charge in [0.05, 0.1) is 23.7 Å². The molecule has 0 radical (unpaired) electrons. The van der Waals surface area contributed by atoms with Gasteiger partial charge < -0.3 is 15.0 Å². The summed E-state index contributed by atoms with van der Waals surface area (Å²) in [6, 6.07) is 13.3. The smallest absolute Gasteiger partial charge is 0.118 e. The van der Waals surface area contributed by atoms with Gasteiger partial charge in [-0.05, 0) is 60.9 Å². The second-order valence-electron chi connectivity index (χ2n) is 7.18. The summed E-state index contributed by atoms with van der Waals surface area (Å²) in [5.41, 5.74) is 8.75. The van der Waals surface area contributed by atoms with Crippen LogP contribution in [0, 0.1) is 6.92 Å². The predicted octanol–water partition coefficient (Wildman–Crippen LogP) is 4.65. The van der Waals surface area contributed by atoms with Crippen molar-refractivity contribution in [1.82, 2.24) is 0 Å². The molecule has 0 atom stereocenters. The Labute approximate surface area is 160 Å². The van der Waals surface area contributed by atoms with E-state index >= 15 is 0 Å². The fraction of sp³-hybridized carbons (Fsp3) is 0.217. The number of methoxy groups -OCH3 is 1. The van der Waals surface area contributed by atoms with Crippen LogP contribution < -0.4 is 15.1 Å². The van der Waals surface area contributed by atoms with E-state index in [1.807, 2.05) is 0 Å². The summed E-state index contributed by atoms with van der Waals surface area (Å²) in [5.74, 6) is 1.23. The first-order valence-electron chi connectivity index (χ1n) is 9.40. The van der Waals surface area contributed by atoms with Gasteiger partial charge in [-0.15, -0.1) is 0 Å². The first-order valence-corrected chi connectivity index (χ1v) is 9.40. The highest BCUT2D eigenvalue weighted by Crippen LogP contribution is 2.44. The van der Waals surface area contributed by atoms with Crippen LogP contribution in [0.1, 0.15) is 16.7 Å². The maximum atomic E-state index is 5.12. The van der Waals surface area contributed by atoms with E-state index in [1.54, 1.807) is 7.11 Å². The SMILES string of the molecule is COCCNc1ccc2c(c1)C=CC1=CN3C(=CCc4ccc(C)cc43)N12. The Bertz CT molecular complexity index is 1000. The first kappa shape index (κ1) is 16.2. The Morgan fingerprint density at radius 2 is 2.00 bits per heavy atom. The number of anilines is 3. The monoisotopic (exact) mass is 357 g/mol.